The number of piperazine rings is 1. The van der Waals surface area contributed by atoms with Gasteiger partial charge in [-0.25, -0.2) is 4.98 Å². The lowest BCUT2D eigenvalue weighted by atomic mass is 10.1. The second-order valence-corrected chi connectivity index (χ2v) is 5.72. The minimum absolute atomic E-state index is 0.0199. The predicted molar refractivity (Wildman–Crippen MR) is 78.3 cm³/mol. The number of nitro groups is 1. The van der Waals surface area contributed by atoms with Gasteiger partial charge in [-0.15, -0.1) is 0 Å². The summed E-state index contributed by atoms with van der Waals surface area (Å²) in [4.78, 5) is 18.9. The average molecular weight is 292 g/mol. The Balaban J connectivity index is 1.59. The van der Waals surface area contributed by atoms with Crippen LogP contribution in [0.15, 0.2) is 18.3 Å². The van der Waals surface area contributed by atoms with Crippen LogP contribution in [0, 0.1) is 10.1 Å². The molecule has 1 saturated heterocycles. The highest BCUT2D eigenvalue weighted by atomic mass is 16.6. The lowest BCUT2D eigenvalue weighted by Gasteiger charge is -2.39. The highest BCUT2D eigenvalue weighted by molar-refractivity contribution is 5.43. The number of aliphatic hydroxyl groups excluding tert-OH is 1. The van der Waals surface area contributed by atoms with Gasteiger partial charge in [0.05, 0.1) is 11.0 Å². The van der Waals surface area contributed by atoms with Crippen molar-refractivity contribution in [2.24, 2.45) is 0 Å². The molecule has 2 fully saturated rings. The minimum Gasteiger partial charge on any atom is -0.391 e. The van der Waals surface area contributed by atoms with Gasteiger partial charge in [0.25, 0.3) is 5.69 Å². The SMILES string of the molecule is O=[N+]([O-])c1ccc(N2CCN([C@H]3CCC[C@@H]3O)CC2)nc1. The third-order valence-corrected chi connectivity index (χ3v) is 4.49. The van der Waals surface area contributed by atoms with E-state index in [0.29, 0.717) is 6.04 Å². The van der Waals surface area contributed by atoms with E-state index in [4.69, 9.17) is 0 Å². The van der Waals surface area contributed by atoms with Crippen LogP contribution in [0.2, 0.25) is 0 Å². The van der Waals surface area contributed by atoms with E-state index in [2.05, 4.69) is 14.8 Å². The van der Waals surface area contributed by atoms with Crippen molar-refractivity contribution in [3.8, 4) is 0 Å². The van der Waals surface area contributed by atoms with Crippen LogP contribution in [0.4, 0.5) is 11.5 Å². The Hall–Kier alpha value is -1.73. The lowest BCUT2D eigenvalue weighted by molar-refractivity contribution is -0.385. The first-order chi connectivity index (χ1) is 10.1. The van der Waals surface area contributed by atoms with Crippen LogP contribution >= 0.6 is 0 Å². The van der Waals surface area contributed by atoms with Gasteiger partial charge in [0.2, 0.25) is 0 Å². The van der Waals surface area contributed by atoms with Crippen LogP contribution in [0.3, 0.4) is 0 Å². The lowest BCUT2D eigenvalue weighted by Crippen LogP contribution is -2.52. The molecule has 3 rings (SSSR count). The third-order valence-electron chi connectivity index (χ3n) is 4.49. The van der Waals surface area contributed by atoms with Crippen molar-refractivity contribution in [2.45, 2.75) is 31.4 Å². The molecular weight excluding hydrogens is 272 g/mol. The Morgan fingerprint density at radius 2 is 2.00 bits per heavy atom. The zero-order chi connectivity index (χ0) is 14.8. The summed E-state index contributed by atoms with van der Waals surface area (Å²) in [6.45, 7) is 3.49. The first-order valence-electron chi connectivity index (χ1n) is 7.42. The quantitative estimate of drug-likeness (QED) is 0.661. The fraction of sp³-hybridized carbons (Fsp3) is 0.643. The number of pyridine rings is 1. The number of hydrogen-bond acceptors (Lipinski definition) is 6. The highest BCUT2D eigenvalue weighted by Crippen LogP contribution is 2.26. The summed E-state index contributed by atoms with van der Waals surface area (Å²) in [5.74, 6) is 0.784. The van der Waals surface area contributed by atoms with Crippen LogP contribution in [0.1, 0.15) is 19.3 Å². The molecule has 1 saturated carbocycles. The Morgan fingerprint density at radius 3 is 2.52 bits per heavy atom. The summed E-state index contributed by atoms with van der Waals surface area (Å²) in [6.07, 6.45) is 4.22. The van der Waals surface area contributed by atoms with Gasteiger partial charge in [0.1, 0.15) is 12.0 Å². The van der Waals surface area contributed by atoms with Gasteiger partial charge in [-0.2, -0.15) is 0 Å². The van der Waals surface area contributed by atoms with Crippen molar-refractivity contribution >= 4 is 11.5 Å². The normalized spacial score (nSPS) is 27.0. The Morgan fingerprint density at radius 1 is 1.24 bits per heavy atom. The van der Waals surface area contributed by atoms with Gasteiger partial charge in [-0.3, -0.25) is 15.0 Å². The number of hydrogen-bond donors (Lipinski definition) is 1. The number of anilines is 1. The highest BCUT2D eigenvalue weighted by Gasteiger charge is 2.32. The number of aromatic nitrogens is 1. The fourth-order valence-electron chi connectivity index (χ4n) is 3.30. The molecule has 0 aromatic carbocycles. The van der Waals surface area contributed by atoms with E-state index in [1.165, 1.54) is 12.3 Å². The molecule has 0 amide bonds. The van der Waals surface area contributed by atoms with Crippen LogP contribution in [0.25, 0.3) is 0 Å². The molecule has 1 aromatic rings. The van der Waals surface area contributed by atoms with Crippen molar-refractivity contribution in [3.05, 3.63) is 28.4 Å². The minimum atomic E-state index is -0.434. The number of nitrogens with zero attached hydrogens (tertiary/aromatic N) is 4. The molecule has 0 unspecified atom stereocenters. The fourth-order valence-corrected chi connectivity index (χ4v) is 3.30. The van der Waals surface area contributed by atoms with Crippen LogP contribution < -0.4 is 4.90 Å². The summed E-state index contributed by atoms with van der Waals surface area (Å²) in [5.41, 5.74) is 0.0199. The van der Waals surface area contributed by atoms with Gasteiger partial charge >= 0.3 is 0 Å². The molecule has 7 heteroatoms. The summed E-state index contributed by atoms with van der Waals surface area (Å²) in [6, 6.07) is 3.50. The van der Waals surface area contributed by atoms with E-state index in [1.807, 2.05) is 0 Å². The summed E-state index contributed by atoms with van der Waals surface area (Å²) in [5, 5.41) is 20.6. The average Bonchev–Trinajstić information content (AvgIpc) is 2.94. The molecule has 7 nitrogen and oxygen atoms in total. The van der Waals surface area contributed by atoms with Crippen LogP contribution in [-0.4, -0.2) is 58.2 Å². The van der Waals surface area contributed by atoms with Gasteiger partial charge in [0, 0.05) is 38.3 Å². The molecule has 1 aliphatic heterocycles. The van der Waals surface area contributed by atoms with Gasteiger partial charge < -0.3 is 10.0 Å². The first-order valence-corrected chi connectivity index (χ1v) is 7.42. The Kier molecular flexibility index (Phi) is 4.03. The molecule has 0 bridgehead atoms. The second kappa shape index (κ2) is 5.95. The second-order valence-electron chi connectivity index (χ2n) is 5.72. The van der Waals surface area contributed by atoms with E-state index < -0.39 is 4.92 Å². The first kappa shape index (κ1) is 14.2. The molecule has 2 aliphatic rings. The summed E-state index contributed by atoms with van der Waals surface area (Å²) < 4.78 is 0. The Bertz CT molecular complexity index is 499. The van der Waals surface area contributed by atoms with E-state index >= 15 is 0 Å². The molecule has 1 aliphatic carbocycles. The van der Waals surface area contributed by atoms with E-state index in [0.717, 1.165) is 51.3 Å². The summed E-state index contributed by atoms with van der Waals surface area (Å²) in [7, 11) is 0. The molecule has 2 atom stereocenters. The zero-order valence-corrected chi connectivity index (χ0v) is 11.9. The molecule has 0 radical (unpaired) electrons. The maximum absolute atomic E-state index is 10.6. The predicted octanol–water partition coefficient (Wildman–Crippen LogP) is 1.03. The molecule has 0 spiro atoms. The van der Waals surface area contributed by atoms with Gasteiger partial charge in [-0.05, 0) is 25.3 Å². The van der Waals surface area contributed by atoms with Gasteiger partial charge in [-0.1, -0.05) is 0 Å². The van der Waals surface area contributed by atoms with Crippen molar-refractivity contribution < 1.29 is 10.0 Å². The molecule has 1 N–H and O–H groups in total. The third kappa shape index (κ3) is 2.98. The molecule has 2 heterocycles. The van der Waals surface area contributed by atoms with E-state index in [1.54, 1.807) is 6.07 Å². The van der Waals surface area contributed by atoms with Gasteiger partial charge in [0.15, 0.2) is 0 Å². The smallest absolute Gasteiger partial charge is 0.287 e. The molecule has 1 aromatic heterocycles. The van der Waals surface area contributed by atoms with Crippen molar-refractivity contribution in [3.63, 3.8) is 0 Å². The van der Waals surface area contributed by atoms with Crippen molar-refractivity contribution in [1.82, 2.24) is 9.88 Å². The Labute approximate surface area is 123 Å². The van der Waals surface area contributed by atoms with Crippen molar-refractivity contribution in [2.75, 3.05) is 31.1 Å². The van der Waals surface area contributed by atoms with Crippen molar-refractivity contribution in [1.29, 1.82) is 0 Å². The maximum atomic E-state index is 10.6. The topological polar surface area (TPSA) is 82.7 Å². The number of aliphatic hydroxyl groups is 1. The van der Waals surface area contributed by atoms with Crippen LogP contribution in [-0.2, 0) is 0 Å². The monoisotopic (exact) mass is 292 g/mol. The van der Waals surface area contributed by atoms with Crippen LogP contribution in [0.5, 0.6) is 0 Å². The largest absolute Gasteiger partial charge is 0.391 e. The standard InChI is InChI=1S/C14H20N4O3/c19-13-3-1-2-12(13)16-6-8-17(9-7-16)14-5-4-11(10-15-14)18(20)21/h4-5,10,12-13,19H,1-3,6-9H2/t12-,13-/m0/s1. The maximum Gasteiger partial charge on any atom is 0.287 e. The molecule has 114 valence electrons. The van der Waals surface area contributed by atoms with E-state index in [-0.39, 0.29) is 11.8 Å². The summed E-state index contributed by atoms with van der Waals surface area (Å²) >= 11 is 0. The molecular formula is C14H20N4O3. The van der Waals surface area contributed by atoms with E-state index in [9.17, 15) is 15.2 Å². The number of rotatable bonds is 3. The molecule has 21 heavy (non-hydrogen) atoms. The zero-order valence-electron chi connectivity index (χ0n) is 11.9.